The largest absolute Gasteiger partial charge is 0.485 e. The minimum absolute atomic E-state index is 0. The second kappa shape index (κ2) is 6.16. The molecule has 0 aliphatic carbocycles. The molecule has 0 radical (unpaired) electrons. The van der Waals surface area contributed by atoms with Crippen LogP contribution in [0.3, 0.4) is 0 Å². The predicted octanol–water partition coefficient (Wildman–Crippen LogP) is 1.65. The Morgan fingerprint density at radius 2 is 1.79 bits per heavy atom. The third-order valence-electron chi connectivity index (χ3n) is 1.51. The van der Waals surface area contributed by atoms with Gasteiger partial charge >= 0.3 is 0 Å². The summed E-state index contributed by atoms with van der Waals surface area (Å²) < 4.78 is 5.06. The summed E-state index contributed by atoms with van der Waals surface area (Å²) in [5, 5.41) is 0. The van der Waals surface area contributed by atoms with Crippen molar-refractivity contribution in [2.45, 2.75) is 6.92 Å². The van der Waals surface area contributed by atoms with Gasteiger partial charge in [0, 0.05) is 6.92 Å². The van der Waals surface area contributed by atoms with Gasteiger partial charge in [-0.25, -0.2) is 0 Å². The van der Waals surface area contributed by atoms with Gasteiger partial charge < -0.3 is 4.74 Å². The summed E-state index contributed by atoms with van der Waals surface area (Å²) in [5.74, 6) is -0.392. The lowest BCUT2D eigenvalue weighted by atomic mass is 10.3. The standard InChI is InChI=1S/C10H10O3.ClH/c1-8(11)10(12)7-13-9-5-3-2-4-6-9;/h2-6H,7H2,1H3;1H. The highest BCUT2D eigenvalue weighted by Gasteiger charge is 2.07. The van der Waals surface area contributed by atoms with Gasteiger partial charge in [-0.1, -0.05) is 18.2 Å². The molecule has 0 bridgehead atoms. The van der Waals surface area contributed by atoms with Crippen LogP contribution in [0.2, 0.25) is 0 Å². The maximum absolute atomic E-state index is 10.8. The van der Waals surface area contributed by atoms with Crippen molar-refractivity contribution < 1.29 is 14.3 Å². The molecule has 76 valence electrons. The van der Waals surface area contributed by atoms with Gasteiger partial charge in [-0.15, -0.1) is 12.4 Å². The van der Waals surface area contributed by atoms with E-state index >= 15 is 0 Å². The minimum Gasteiger partial charge on any atom is -0.485 e. The number of carbonyl (C=O) groups excluding carboxylic acids is 2. The number of Topliss-reactive ketones (excluding diaryl/α,β-unsaturated/α-hetero) is 2. The van der Waals surface area contributed by atoms with E-state index in [0.717, 1.165) is 0 Å². The quantitative estimate of drug-likeness (QED) is 0.716. The lowest BCUT2D eigenvalue weighted by molar-refractivity contribution is -0.136. The van der Waals surface area contributed by atoms with Crippen LogP contribution < -0.4 is 4.74 Å². The molecule has 3 nitrogen and oxygen atoms in total. The van der Waals surface area contributed by atoms with E-state index < -0.39 is 11.6 Å². The average Bonchev–Trinajstić information content (AvgIpc) is 2.15. The highest BCUT2D eigenvalue weighted by Crippen LogP contribution is 2.07. The van der Waals surface area contributed by atoms with E-state index in [1.54, 1.807) is 24.3 Å². The molecule has 0 spiro atoms. The molecule has 0 unspecified atom stereocenters. The number of para-hydroxylation sites is 1. The average molecular weight is 215 g/mol. The van der Waals surface area contributed by atoms with Crippen molar-refractivity contribution in [1.82, 2.24) is 0 Å². The van der Waals surface area contributed by atoms with Gasteiger partial charge in [0.15, 0.2) is 12.4 Å². The van der Waals surface area contributed by atoms with Crippen LogP contribution in [0.1, 0.15) is 6.92 Å². The van der Waals surface area contributed by atoms with Gasteiger partial charge in [0.05, 0.1) is 0 Å². The Morgan fingerprint density at radius 1 is 1.21 bits per heavy atom. The first-order valence-corrected chi connectivity index (χ1v) is 3.92. The Kier molecular flexibility index (Phi) is 5.56. The first-order valence-electron chi connectivity index (χ1n) is 3.92. The normalized spacial score (nSPS) is 8.64. The molecule has 1 aromatic carbocycles. The first-order chi connectivity index (χ1) is 6.20. The second-order valence-corrected chi connectivity index (χ2v) is 2.58. The molecule has 0 heterocycles. The molecule has 0 aliphatic rings. The molecule has 0 saturated heterocycles. The van der Waals surface area contributed by atoms with E-state index in [-0.39, 0.29) is 19.0 Å². The van der Waals surface area contributed by atoms with Gasteiger partial charge in [0.2, 0.25) is 5.78 Å². The molecule has 1 aromatic rings. The van der Waals surface area contributed by atoms with E-state index in [1.807, 2.05) is 6.07 Å². The van der Waals surface area contributed by atoms with Crippen LogP contribution in [0.4, 0.5) is 0 Å². The fraction of sp³-hybridized carbons (Fsp3) is 0.200. The summed E-state index contributed by atoms with van der Waals surface area (Å²) >= 11 is 0. The van der Waals surface area contributed by atoms with Gasteiger partial charge in [0.25, 0.3) is 0 Å². The Balaban J connectivity index is 0.00000169. The van der Waals surface area contributed by atoms with Gasteiger partial charge in [0.1, 0.15) is 5.75 Å². The molecule has 0 aliphatic heterocycles. The molecular formula is C10H11ClO3. The zero-order valence-corrected chi connectivity index (χ0v) is 8.54. The molecule has 0 saturated carbocycles. The number of ketones is 2. The molecule has 0 atom stereocenters. The molecular weight excluding hydrogens is 204 g/mol. The number of hydrogen-bond acceptors (Lipinski definition) is 3. The minimum atomic E-state index is -0.510. The third-order valence-corrected chi connectivity index (χ3v) is 1.51. The lowest BCUT2D eigenvalue weighted by Crippen LogP contribution is -2.18. The molecule has 0 aromatic heterocycles. The number of rotatable bonds is 4. The topological polar surface area (TPSA) is 43.4 Å². The number of ether oxygens (including phenoxy) is 1. The van der Waals surface area contributed by atoms with Gasteiger partial charge in [-0.2, -0.15) is 0 Å². The molecule has 1 rings (SSSR count). The Labute approximate surface area is 88.5 Å². The smallest absolute Gasteiger partial charge is 0.235 e. The van der Waals surface area contributed by atoms with Crippen LogP contribution in [0.15, 0.2) is 30.3 Å². The van der Waals surface area contributed by atoms with Crippen molar-refractivity contribution in [3.63, 3.8) is 0 Å². The molecule has 0 N–H and O–H groups in total. The van der Waals surface area contributed by atoms with Crippen LogP contribution in [-0.4, -0.2) is 18.2 Å². The fourth-order valence-electron chi connectivity index (χ4n) is 0.767. The van der Waals surface area contributed by atoms with Crippen molar-refractivity contribution in [2.24, 2.45) is 0 Å². The van der Waals surface area contributed by atoms with E-state index in [4.69, 9.17) is 4.74 Å². The Bertz CT molecular complexity index is 308. The third kappa shape index (κ3) is 4.05. The summed E-state index contributed by atoms with van der Waals surface area (Å²) in [5.41, 5.74) is 0. The monoisotopic (exact) mass is 214 g/mol. The fourth-order valence-corrected chi connectivity index (χ4v) is 0.767. The highest BCUT2D eigenvalue weighted by atomic mass is 35.5. The summed E-state index contributed by atoms with van der Waals surface area (Å²) in [6.45, 7) is 1.05. The van der Waals surface area contributed by atoms with E-state index in [2.05, 4.69) is 0 Å². The van der Waals surface area contributed by atoms with Crippen LogP contribution in [0.25, 0.3) is 0 Å². The summed E-state index contributed by atoms with van der Waals surface area (Å²) in [7, 11) is 0. The molecule has 4 heteroatoms. The molecule has 0 amide bonds. The summed E-state index contributed by atoms with van der Waals surface area (Å²) in [4.78, 5) is 21.4. The number of hydrogen-bond donors (Lipinski definition) is 0. The van der Waals surface area contributed by atoms with Crippen molar-refractivity contribution in [1.29, 1.82) is 0 Å². The van der Waals surface area contributed by atoms with Crippen molar-refractivity contribution >= 4 is 24.0 Å². The number of halogens is 1. The first kappa shape index (κ1) is 12.7. The van der Waals surface area contributed by atoms with E-state index in [0.29, 0.717) is 5.75 Å². The van der Waals surface area contributed by atoms with Crippen LogP contribution in [-0.2, 0) is 9.59 Å². The van der Waals surface area contributed by atoms with E-state index in [9.17, 15) is 9.59 Å². The Morgan fingerprint density at radius 3 is 2.29 bits per heavy atom. The zero-order chi connectivity index (χ0) is 9.68. The number of benzene rings is 1. The van der Waals surface area contributed by atoms with Crippen molar-refractivity contribution in [3.05, 3.63) is 30.3 Å². The maximum atomic E-state index is 10.8. The van der Waals surface area contributed by atoms with Gasteiger partial charge in [-0.05, 0) is 12.1 Å². The Hall–Kier alpha value is -1.35. The molecule has 0 fully saturated rings. The molecule has 14 heavy (non-hydrogen) atoms. The SMILES string of the molecule is CC(=O)C(=O)COc1ccccc1.Cl. The second-order valence-electron chi connectivity index (χ2n) is 2.58. The van der Waals surface area contributed by atoms with Crippen LogP contribution >= 0.6 is 12.4 Å². The lowest BCUT2D eigenvalue weighted by Gasteiger charge is -2.02. The predicted molar refractivity (Wildman–Crippen MR) is 54.9 cm³/mol. The van der Waals surface area contributed by atoms with Gasteiger partial charge in [-0.3, -0.25) is 9.59 Å². The zero-order valence-electron chi connectivity index (χ0n) is 7.73. The summed E-state index contributed by atoms with van der Waals surface area (Å²) in [6.07, 6.45) is 0. The van der Waals surface area contributed by atoms with E-state index in [1.165, 1.54) is 6.92 Å². The number of carbonyl (C=O) groups is 2. The maximum Gasteiger partial charge on any atom is 0.235 e. The summed E-state index contributed by atoms with van der Waals surface area (Å²) in [6, 6.07) is 8.90. The van der Waals surface area contributed by atoms with Crippen LogP contribution in [0.5, 0.6) is 5.75 Å². The highest BCUT2D eigenvalue weighted by molar-refractivity contribution is 6.36. The van der Waals surface area contributed by atoms with Crippen molar-refractivity contribution in [3.8, 4) is 5.75 Å². The van der Waals surface area contributed by atoms with Crippen molar-refractivity contribution in [2.75, 3.05) is 6.61 Å². The van der Waals surface area contributed by atoms with Crippen LogP contribution in [0, 0.1) is 0 Å².